The first kappa shape index (κ1) is 18.7. The second-order valence-electron chi connectivity index (χ2n) is 7.35. The van der Waals surface area contributed by atoms with Crippen LogP contribution in [-0.4, -0.2) is 27.9 Å². The van der Waals surface area contributed by atoms with Crippen molar-refractivity contribution >= 4 is 34.1 Å². The van der Waals surface area contributed by atoms with E-state index in [1.54, 1.807) is 11.3 Å². The fourth-order valence-corrected chi connectivity index (χ4v) is 5.66. The van der Waals surface area contributed by atoms with Gasteiger partial charge in [-0.05, 0) is 43.2 Å². The Morgan fingerprint density at radius 2 is 1.96 bits per heavy atom. The van der Waals surface area contributed by atoms with Gasteiger partial charge in [0.15, 0.2) is 4.34 Å². The van der Waals surface area contributed by atoms with Gasteiger partial charge in [0.1, 0.15) is 0 Å². The molecule has 1 heterocycles. The molecule has 7 heteroatoms. The molecule has 1 saturated carbocycles. The Bertz CT molecular complexity index is 773. The number of hydrogen-bond donors (Lipinski definition) is 2. The van der Waals surface area contributed by atoms with Gasteiger partial charge in [-0.25, -0.2) is 0 Å². The number of benzene rings is 1. The second kappa shape index (κ2) is 9.06. The number of fused-ring (bicyclic) bond motifs is 1. The van der Waals surface area contributed by atoms with E-state index in [-0.39, 0.29) is 11.9 Å². The Kier molecular flexibility index (Phi) is 6.29. The predicted molar refractivity (Wildman–Crippen MR) is 111 cm³/mol. The van der Waals surface area contributed by atoms with Gasteiger partial charge >= 0.3 is 0 Å². The number of rotatable bonds is 6. The Balaban J connectivity index is 1.26. The fraction of sp³-hybridized carbons (Fsp3) is 0.550. The number of anilines is 1. The minimum Gasteiger partial charge on any atom is -0.357 e. The largest absolute Gasteiger partial charge is 0.357 e. The summed E-state index contributed by atoms with van der Waals surface area (Å²) in [6, 6.07) is 9.11. The van der Waals surface area contributed by atoms with Crippen molar-refractivity contribution in [1.29, 1.82) is 0 Å². The number of nitrogens with one attached hydrogen (secondary N) is 2. The third-order valence-electron chi connectivity index (χ3n) is 5.37. The minimum absolute atomic E-state index is 0.0682. The lowest BCUT2D eigenvalue weighted by molar-refractivity contribution is -0.119. The Morgan fingerprint density at radius 1 is 1.11 bits per heavy atom. The molecule has 1 amide bonds. The summed E-state index contributed by atoms with van der Waals surface area (Å²) in [6.45, 7) is 0. The maximum absolute atomic E-state index is 12.4. The number of aryl methyl sites for hydroxylation is 1. The SMILES string of the molecule is O=C(CSc1nnc(NC2CCCCC2)s1)NC1CCCc2ccccc21. The summed E-state index contributed by atoms with van der Waals surface area (Å²) in [7, 11) is 0. The third kappa shape index (κ3) is 5.02. The molecule has 1 unspecified atom stereocenters. The molecule has 1 aromatic carbocycles. The van der Waals surface area contributed by atoms with Crippen LogP contribution in [0.4, 0.5) is 5.13 Å². The molecule has 2 aliphatic carbocycles. The summed E-state index contributed by atoms with van der Waals surface area (Å²) in [5, 5.41) is 16.0. The number of amides is 1. The first-order valence-corrected chi connectivity index (χ1v) is 11.7. The van der Waals surface area contributed by atoms with Crippen molar-refractivity contribution in [1.82, 2.24) is 15.5 Å². The molecule has 0 spiro atoms. The van der Waals surface area contributed by atoms with Crippen molar-refractivity contribution in [3.63, 3.8) is 0 Å². The molecule has 1 atom stereocenters. The van der Waals surface area contributed by atoms with Crippen LogP contribution in [-0.2, 0) is 11.2 Å². The van der Waals surface area contributed by atoms with Gasteiger partial charge in [0.25, 0.3) is 0 Å². The van der Waals surface area contributed by atoms with Gasteiger partial charge in [-0.1, -0.05) is 66.6 Å². The van der Waals surface area contributed by atoms with Crippen LogP contribution in [0.25, 0.3) is 0 Å². The van der Waals surface area contributed by atoms with Crippen LogP contribution in [0.5, 0.6) is 0 Å². The Morgan fingerprint density at radius 3 is 2.85 bits per heavy atom. The van der Waals surface area contributed by atoms with Gasteiger partial charge < -0.3 is 10.6 Å². The highest BCUT2D eigenvalue weighted by molar-refractivity contribution is 8.01. The summed E-state index contributed by atoms with van der Waals surface area (Å²) < 4.78 is 0.854. The van der Waals surface area contributed by atoms with E-state index in [4.69, 9.17) is 0 Å². The van der Waals surface area contributed by atoms with E-state index in [9.17, 15) is 4.79 Å². The summed E-state index contributed by atoms with van der Waals surface area (Å²) in [5.41, 5.74) is 2.64. The highest BCUT2D eigenvalue weighted by atomic mass is 32.2. The zero-order chi connectivity index (χ0) is 18.5. The summed E-state index contributed by atoms with van der Waals surface area (Å²) >= 11 is 3.03. The van der Waals surface area contributed by atoms with Crippen LogP contribution < -0.4 is 10.6 Å². The van der Waals surface area contributed by atoms with Gasteiger partial charge in [0.05, 0.1) is 11.8 Å². The van der Waals surface area contributed by atoms with Crippen molar-refractivity contribution < 1.29 is 4.79 Å². The second-order valence-corrected chi connectivity index (χ2v) is 9.55. The summed E-state index contributed by atoms with van der Waals surface area (Å²) in [6.07, 6.45) is 9.62. The molecule has 0 aliphatic heterocycles. The lowest BCUT2D eigenvalue weighted by Crippen LogP contribution is -2.32. The van der Waals surface area contributed by atoms with Gasteiger partial charge in [0.2, 0.25) is 11.0 Å². The zero-order valence-corrected chi connectivity index (χ0v) is 17.1. The molecule has 0 saturated heterocycles. The molecular weight excluding hydrogens is 376 g/mol. The van der Waals surface area contributed by atoms with Crippen molar-refractivity contribution in [2.45, 2.75) is 67.8 Å². The molecule has 2 N–H and O–H groups in total. The quantitative estimate of drug-likeness (QED) is 0.693. The molecule has 2 aliphatic rings. The molecule has 0 bridgehead atoms. The number of carbonyl (C=O) groups is 1. The average molecular weight is 403 g/mol. The fourth-order valence-electron chi connectivity index (χ4n) is 4.02. The van der Waals surface area contributed by atoms with Gasteiger partial charge in [-0.3, -0.25) is 4.79 Å². The summed E-state index contributed by atoms with van der Waals surface area (Å²) in [5.74, 6) is 0.454. The summed E-state index contributed by atoms with van der Waals surface area (Å²) in [4.78, 5) is 12.4. The van der Waals surface area contributed by atoms with Crippen molar-refractivity contribution in [2.75, 3.05) is 11.1 Å². The number of hydrogen-bond acceptors (Lipinski definition) is 6. The maximum atomic E-state index is 12.4. The van der Waals surface area contributed by atoms with Crippen molar-refractivity contribution in [3.05, 3.63) is 35.4 Å². The van der Waals surface area contributed by atoms with Crippen LogP contribution in [0, 0.1) is 0 Å². The molecule has 144 valence electrons. The van der Waals surface area contributed by atoms with E-state index < -0.39 is 0 Å². The smallest absolute Gasteiger partial charge is 0.230 e. The number of thioether (sulfide) groups is 1. The van der Waals surface area contributed by atoms with E-state index in [1.807, 2.05) is 0 Å². The van der Waals surface area contributed by atoms with Crippen LogP contribution in [0.2, 0.25) is 0 Å². The van der Waals surface area contributed by atoms with E-state index in [0.29, 0.717) is 11.8 Å². The maximum Gasteiger partial charge on any atom is 0.230 e. The van der Waals surface area contributed by atoms with E-state index in [2.05, 4.69) is 45.1 Å². The number of nitrogens with zero attached hydrogens (tertiary/aromatic N) is 2. The minimum atomic E-state index is 0.0682. The van der Waals surface area contributed by atoms with E-state index in [0.717, 1.165) is 28.7 Å². The highest BCUT2D eigenvalue weighted by Crippen LogP contribution is 2.31. The number of carbonyl (C=O) groups excluding carboxylic acids is 1. The Hall–Kier alpha value is -1.60. The average Bonchev–Trinajstić information content (AvgIpc) is 3.15. The number of aromatic nitrogens is 2. The van der Waals surface area contributed by atoms with E-state index in [1.165, 1.54) is 55.0 Å². The molecule has 1 aromatic heterocycles. The first-order valence-electron chi connectivity index (χ1n) is 9.88. The predicted octanol–water partition coefficient (Wildman–Crippen LogP) is 4.57. The van der Waals surface area contributed by atoms with E-state index >= 15 is 0 Å². The topological polar surface area (TPSA) is 66.9 Å². The van der Waals surface area contributed by atoms with Gasteiger partial charge in [0, 0.05) is 6.04 Å². The molecule has 1 fully saturated rings. The molecule has 5 nitrogen and oxygen atoms in total. The molecule has 4 rings (SSSR count). The van der Waals surface area contributed by atoms with Crippen LogP contribution >= 0.6 is 23.1 Å². The van der Waals surface area contributed by atoms with Gasteiger partial charge in [-0.2, -0.15) is 0 Å². The van der Waals surface area contributed by atoms with Crippen LogP contribution in [0.15, 0.2) is 28.6 Å². The normalized spacial score (nSPS) is 20.1. The monoisotopic (exact) mass is 402 g/mol. The first-order chi connectivity index (χ1) is 13.3. The van der Waals surface area contributed by atoms with Crippen molar-refractivity contribution in [2.24, 2.45) is 0 Å². The molecular formula is C20H26N4OS2. The third-order valence-corrected chi connectivity index (χ3v) is 7.36. The standard InChI is InChI=1S/C20H26N4OS2/c25-18(22-17-12-6-8-14-7-4-5-11-16(14)17)13-26-20-24-23-19(27-20)21-15-9-2-1-3-10-15/h4-5,7,11,15,17H,1-3,6,8-10,12-13H2,(H,21,23)(H,22,25). The lowest BCUT2D eigenvalue weighted by atomic mass is 9.88. The Labute approximate surface area is 168 Å². The molecule has 0 radical (unpaired) electrons. The van der Waals surface area contributed by atoms with Gasteiger partial charge in [-0.15, -0.1) is 10.2 Å². The molecule has 27 heavy (non-hydrogen) atoms. The lowest BCUT2D eigenvalue weighted by Gasteiger charge is -2.26. The zero-order valence-electron chi connectivity index (χ0n) is 15.4. The molecule has 2 aromatic rings. The van der Waals surface area contributed by atoms with Crippen molar-refractivity contribution in [3.8, 4) is 0 Å². The highest BCUT2D eigenvalue weighted by Gasteiger charge is 2.21. The van der Waals surface area contributed by atoms with Crippen LogP contribution in [0.3, 0.4) is 0 Å². The van der Waals surface area contributed by atoms with Crippen LogP contribution in [0.1, 0.15) is 62.1 Å².